The Morgan fingerprint density at radius 1 is 1.38 bits per heavy atom. The van der Waals surface area contributed by atoms with Crippen LogP contribution >= 0.6 is 0 Å². The van der Waals surface area contributed by atoms with Gasteiger partial charge in [-0.15, -0.1) is 0 Å². The van der Waals surface area contributed by atoms with Crippen molar-refractivity contribution >= 4 is 5.82 Å². The van der Waals surface area contributed by atoms with Crippen molar-refractivity contribution in [3.8, 4) is 5.88 Å². The van der Waals surface area contributed by atoms with Crippen molar-refractivity contribution < 1.29 is 4.74 Å². The molecule has 5 nitrogen and oxygen atoms in total. The summed E-state index contributed by atoms with van der Waals surface area (Å²) in [5.41, 5.74) is 0. The van der Waals surface area contributed by atoms with E-state index in [9.17, 15) is 0 Å². The molecule has 1 rings (SSSR count). The van der Waals surface area contributed by atoms with Crippen molar-refractivity contribution in [3.05, 3.63) is 12.4 Å². The highest BCUT2D eigenvalue weighted by atomic mass is 16.5. The average molecular weight is 224 g/mol. The molecule has 0 fully saturated rings. The molecule has 0 radical (unpaired) electrons. The third-order valence-electron chi connectivity index (χ3n) is 2.26. The van der Waals surface area contributed by atoms with E-state index in [2.05, 4.69) is 27.1 Å². The second kappa shape index (κ2) is 7.00. The highest BCUT2D eigenvalue weighted by molar-refractivity contribution is 5.37. The van der Waals surface area contributed by atoms with Crippen LogP contribution in [0.15, 0.2) is 12.4 Å². The quantitative estimate of drug-likeness (QED) is 0.746. The molecule has 0 saturated carbocycles. The number of nitrogens with zero attached hydrogens (tertiary/aromatic N) is 3. The van der Waals surface area contributed by atoms with E-state index in [4.69, 9.17) is 4.74 Å². The van der Waals surface area contributed by atoms with Crippen LogP contribution in [0.1, 0.15) is 13.3 Å². The molecule has 5 heteroatoms. The number of anilines is 1. The van der Waals surface area contributed by atoms with Gasteiger partial charge >= 0.3 is 0 Å². The molecule has 0 bridgehead atoms. The highest BCUT2D eigenvalue weighted by Gasteiger charge is 2.07. The summed E-state index contributed by atoms with van der Waals surface area (Å²) in [6, 6.07) is 0. The number of hydrogen-bond donors (Lipinski definition) is 1. The van der Waals surface area contributed by atoms with Gasteiger partial charge in [-0.1, -0.05) is 6.92 Å². The van der Waals surface area contributed by atoms with Crippen molar-refractivity contribution in [1.29, 1.82) is 0 Å². The molecule has 0 amide bonds. The van der Waals surface area contributed by atoms with Crippen LogP contribution < -0.4 is 15.0 Å². The van der Waals surface area contributed by atoms with E-state index < -0.39 is 0 Å². The SMILES string of the molecule is CCCN(CCNC)c1cncc(OC)n1. The number of likely N-dealkylation sites (N-methyl/N-ethyl adjacent to an activating group) is 1. The molecule has 16 heavy (non-hydrogen) atoms. The van der Waals surface area contributed by atoms with Crippen LogP contribution in [-0.2, 0) is 0 Å². The Morgan fingerprint density at radius 2 is 2.19 bits per heavy atom. The van der Waals surface area contributed by atoms with Crippen molar-refractivity contribution in [2.45, 2.75) is 13.3 Å². The lowest BCUT2D eigenvalue weighted by Gasteiger charge is -2.22. The van der Waals surface area contributed by atoms with E-state index in [1.807, 2.05) is 7.05 Å². The molecule has 1 aromatic heterocycles. The second-order valence-corrected chi connectivity index (χ2v) is 3.51. The summed E-state index contributed by atoms with van der Waals surface area (Å²) in [5.74, 6) is 1.43. The minimum atomic E-state index is 0.558. The van der Waals surface area contributed by atoms with Gasteiger partial charge in [0, 0.05) is 19.6 Å². The molecule has 1 heterocycles. The molecule has 0 aliphatic carbocycles. The molecule has 0 saturated heterocycles. The van der Waals surface area contributed by atoms with Crippen LogP contribution in [0.25, 0.3) is 0 Å². The summed E-state index contributed by atoms with van der Waals surface area (Å²) < 4.78 is 5.07. The van der Waals surface area contributed by atoms with E-state index in [1.165, 1.54) is 0 Å². The number of rotatable bonds is 7. The zero-order valence-corrected chi connectivity index (χ0v) is 10.2. The Labute approximate surface area is 96.8 Å². The number of nitrogens with one attached hydrogen (secondary N) is 1. The fourth-order valence-electron chi connectivity index (χ4n) is 1.45. The summed E-state index contributed by atoms with van der Waals surface area (Å²) >= 11 is 0. The maximum absolute atomic E-state index is 5.07. The predicted molar refractivity (Wildman–Crippen MR) is 65.0 cm³/mol. The zero-order valence-electron chi connectivity index (χ0n) is 10.2. The van der Waals surface area contributed by atoms with Gasteiger partial charge in [0.05, 0.1) is 19.5 Å². The van der Waals surface area contributed by atoms with Crippen molar-refractivity contribution in [1.82, 2.24) is 15.3 Å². The van der Waals surface area contributed by atoms with E-state index in [1.54, 1.807) is 19.5 Å². The normalized spacial score (nSPS) is 10.2. The fraction of sp³-hybridized carbons (Fsp3) is 0.636. The van der Waals surface area contributed by atoms with E-state index >= 15 is 0 Å². The largest absolute Gasteiger partial charge is 0.480 e. The fourth-order valence-corrected chi connectivity index (χ4v) is 1.45. The van der Waals surface area contributed by atoms with E-state index in [0.29, 0.717) is 5.88 Å². The highest BCUT2D eigenvalue weighted by Crippen LogP contribution is 2.13. The third-order valence-corrected chi connectivity index (χ3v) is 2.26. The van der Waals surface area contributed by atoms with Crippen LogP contribution in [-0.4, -0.2) is 43.8 Å². The van der Waals surface area contributed by atoms with Gasteiger partial charge < -0.3 is 15.0 Å². The lowest BCUT2D eigenvalue weighted by Crippen LogP contribution is -2.32. The molecule has 1 N–H and O–H groups in total. The van der Waals surface area contributed by atoms with Crippen LogP contribution in [0, 0.1) is 0 Å². The first-order chi connectivity index (χ1) is 7.81. The summed E-state index contributed by atoms with van der Waals surface area (Å²) in [7, 11) is 3.55. The van der Waals surface area contributed by atoms with Gasteiger partial charge in [0.2, 0.25) is 5.88 Å². The van der Waals surface area contributed by atoms with Gasteiger partial charge in [-0.2, -0.15) is 4.98 Å². The molecule has 90 valence electrons. The monoisotopic (exact) mass is 224 g/mol. The van der Waals surface area contributed by atoms with Gasteiger partial charge in [0.1, 0.15) is 0 Å². The Balaban J connectivity index is 2.73. The second-order valence-electron chi connectivity index (χ2n) is 3.51. The molecule has 1 aromatic rings. The van der Waals surface area contributed by atoms with Crippen LogP contribution in [0.5, 0.6) is 5.88 Å². The standard InChI is InChI=1S/C11H20N4O/c1-4-6-15(7-5-12-2)10-8-13-9-11(14-10)16-3/h8-9,12H,4-7H2,1-3H3. The van der Waals surface area contributed by atoms with Gasteiger partial charge in [0.15, 0.2) is 5.82 Å². The van der Waals surface area contributed by atoms with Crippen LogP contribution in [0.3, 0.4) is 0 Å². The van der Waals surface area contributed by atoms with Gasteiger partial charge in [-0.3, -0.25) is 4.98 Å². The summed E-state index contributed by atoms with van der Waals surface area (Å²) in [6.07, 6.45) is 4.47. The summed E-state index contributed by atoms with van der Waals surface area (Å²) in [4.78, 5) is 10.7. The Hall–Kier alpha value is -1.36. The number of aromatic nitrogens is 2. The first-order valence-corrected chi connectivity index (χ1v) is 5.57. The maximum atomic E-state index is 5.07. The Kier molecular flexibility index (Phi) is 5.56. The lowest BCUT2D eigenvalue weighted by molar-refractivity contribution is 0.395. The van der Waals surface area contributed by atoms with Gasteiger partial charge in [-0.05, 0) is 13.5 Å². The van der Waals surface area contributed by atoms with Gasteiger partial charge in [0.25, 0.3) is 0 Å². The molecule has 0 atom stereocenters. The number of ether oxygens (including phenoxy) is 1. The number of methoxy groups -OCH3 is 1. The lowest BCUT2D eigenvalue weighted by atomic mass is 10.4. The molecule has 0 aliphatic rings. The van der Waals surface area contributed by atoms with Gasteiger partial charge in [-0.25, -0.2) is 0 Å². The number of hydrogen-bond acceptors (Lipinski definition) is 5. The third kappa shape index (κ3) is 3.66. The van der Waals surface area contributed by atoms with Crippen LogP contribution in [0.2, 0.25) is 0 Å². The molecule has 0 aliphatic heterocycles. The molecule has 0 aromatic carbocycles. The van der Waals surface area contributed by atoms with E-state index in [0.717, 1.165) is 31.9 Å². The minimum Gasteiger partial charge on any atom is -0.480 e. The van der Waals surface area contributed by atoms with Crippen molar-refractivity contribution in [2.75, 3.05) is 38.7 Å². The Bertz CT molecular complexity index is 306. The first-order valence-electron chi connectivity index (χ1n) is 5.57. The molecule has 0 spiro atoms. The maximum Gasteiger partial charge on any atom is 0.233 e. The zero-order chi connectivity index (χ0) is 11.8. The minimum absolute atomic E-state index is 0.558. The van der Waals surface area contributed by atoms with Crippen molar-refractivity contribution in [3.63, 3.8) is 0 Å². The van der Waals surface area contributed by atoms with Crippen LogP contribution in [0.4, 0.5) is 5.82 Å². The van der Waals surface area contributed by atoms with E-state index in [-0.39, 0.29) is 0 Å². The smallest absolute Gasteiger partial charge is 0.233 e. The predicted octanol–water partition coefficient (Wildman–Crippen LogP) is 0.921. The Morgan fingerprint density at radius 3 is 2.81 bits per heavy atom. The first kappa shape index (κ1) is 12.7. The van der Waals surface area contributed by atoms with Crippen molar-refractivity contribution in [2.24, 2.45) is 0 Å². The summed E-state index contributed by atoms with van der Waals surface area (Å²) in [5, 5.41) is 3.13. The average Bonchev–Trinajstić information content (AvgIpc) is 2.34. The topological polar surface area (TPSA) is 50.3 Å². The molecular weight excluding hydrogens is 204 g/mol. The molecule has 0 unspecified atom stereocenters. The summed E-state index contributed by atoms with van der Waals surface area (Å²) in [6.45, 7) is 4.98. The molecular formula is C11H20N4O.